The Labute approximate surface area is 132 Å². The van der Waals surface area contributed by atoms with Crippen LogP contribution in [0.2, 0.25) is 0 Å². The zero-order chi connectivity index (χ0) is 16.5. The number of aliphatic hydroxyl groups is 1. The van der Waals surface area contributed by atoms with Crippen molar-refractivity contribution in [3.63, 3.8) is 0 Å². The van der Waals surface area contributed by atoms with Gasteiger partial charge in [0.2, 0.25) is 0 Å². The lowest BCUT2D eigenvalue weighted by molar-refractivity contribution is -0.0852. The van der Waals surface area contributed by atoms with E-state index in [0.29, 0.717) is 0 Å². The number of halogens is 2. The number of carbonyl (C=O) groups is 1. The Bertz CT molecular complexity index is 544. The summed E-state index contributed by atoms with van der Waals surface area (Å²) in [7, 11) is 0. The fraction of sp³-hybridized carbons (Fsp3) is 0.714. The fourth-order valence-corrected chi connectivity index (χ4v) is 3.09. The lowest BCUT2D eigenvalue weighted by atomic mass is 9.98. The molecule has 0 aromatic carbocycles. The van der Waals surface area contributed by atoms with Crippen LogP contribution in [0.5, 0.6) is 0 Å². The number of likely N-dealkylation sites (tertiary alicyclic amines) is 1. The van der Waals surface area contributed by atoms with E-state index in [4.69, 9.17) is 0 Å². The predicted molar refractivity (Wildman–Crippen MR) is 80.2 cm³/mol. The van der Waals surface area contributed by atoms with E-state index < -0.39 is 18.1 Å². The molecule has 1 aliphatic rings. The number of thiazole rings is 1. The number of nitrogens with one attached hydrogen (secondary N) is 1. The molecule has 0 bridgehead atoms. The SMILES string of the molecule is CC(C)(C)c1nc(CNC(=O)N2CCC(O)(C(F)F)C2)cs1. The molecule has 1 atom stereocenters. The number of β-amino-alcohol motifs (C(OH)–C–C–N with tert-alkyl or cyclic N) is 1. The molecular weight excluding hydrogens is 312 g/mol. The minimum atomic E-state index is -2.85. The van der Waals surface area contributed by atoms with Crippen molar-refractivity contribution < 1.29 is 18.7 Å². The van der Waals surface area contributed by atoms with Gasteiger partial charge >= 0.3 is 6.03 Å². The van der Waals surface area contributed by atoms with Crippen LogP contribution < -0.4 is 5.32 Å². The first-order valence-corrected chi connectivity index (χ1v) is 7.98. The van der Waals surface area contributed by atoms with Crippen molar-refractivity contribution in [1.29, 1.82) is 0 Å². The summed E-state index contributed by atoms with van der Waals surface area (Å²) in [4.78, 5) is 17.6. The van der Waals surface area contributed by atoms with Gasteiger partial charge in [0.15, 0.2) is 0 Å². The van der Waals surface area contributed by atoms with E-state index >= 15 is 0 Å². The van der Waals surface area contributed by atoms with Gasteiger partial charge in [0.05, 0.1) is 23.8 Å². The minimum Gasteiger partial charge on any atom is -0.382 e. The molecule has 0 saturated carbocycles. The monoisotopic (exact) mass is 333 g/mol. The molecule has 2 amide bonds. The molecule has 124 valence electrons. The molecule has 0 radical (unpaired) electrons. The van der Waals surface area contributed by atoms with Gasteiger partial charge in [-0.05, 0) is 0 Å². The van der Waals surface area contributed by atoms with Crippen molar-refractivity contribution in [2.45, 2.75) is 51.2 Å². The zero-order valence-electron chi connectivity index (χ0n) is 12.9. The average Bonchev–Trinajstić information content (AvgIpc) is 3.03. The third kappa shape index (κ3) is 3.73. The van der Waals surface area contributed by atoms with Crippen LogP contribution in [0, 0.1) is 0 Å². The molecule has 1 aromatic rings. The largest absolute Gasteiger partial charge is 0.382 e. The maximum atomic E-state index is 12.7. The Morgan fingerprint density at radius 2 is 2.27 bits per heavy atom. The molecule has 2 rings (SSSR count). The number of aromatic nitrogens is 1. The van der Waals surface area contributed by atoms with E-state index in [1.807, 2.05) is 5.38 Å². The van der Waals surface area contributed by atoms with Crippen molar-refractivity contribution in [3.8, 4) is 0 Å². The number of alkyl halides is 2. The Kier molecular flexibility index (Phi) is 4.72. The summed E-state index contributed by atoms with van der Waals surface area (Å²) in [5.74, 6) is 0. The fourth-order valence-electron chi connectivity index (χ4n) is 2.18. The number of rotatable bonds is 3. The van der Waals surface area contributed by atoms with Gasteiger partial charge in [-0.2, -0.15) is 0 Å². The summed E-state index contributed by atoms with van der Waals surface area (Å²) in [5.41, 5.74) is -1.39. The number of nitrogens with zero attached hydrogens (tertiary/aromatic N) is 2. The number of carbonyl (C=O) groups excluding carboxylic acids is 1. The highest BCUT2D eigenvalue weighted by atomic mass is 32.1. The van der Waals surface area contributed by atoms with E-state index in [1.165, 1.54) is 16.2 Å². The first-order valence-electron chi connectivity index (χ1n) is 7.10. The smallest absolute Gasteiger partial charge is 0.317 e. The van der Waals surface area contributed by atoms with Crippen LogP contribution in [0.3, 0.4) is 0 Å². The maximum Gasteiger partial charge on any atom is 0.317 e. The Hall–Kier alpha value is -1.28. The maximum absolute atomic E-state index is 12.7. The number of urea groups is 1. The molecule has 0 aliphatic carbocycles. The highest BCUT2D eigenvalue weighted by Gasteiger charge is 2.45. The van der Waals surface area contributed by atoms with Crippen LogP contribution in [-0.4, -0.2) is 46.1 Å². The van der Waals surface area contributed by atoms with Crippen molar-refractivity contribution in [2.24, 2.45) is 0 Å². The van der Waals surface area contributed by atoms with E-state index in [-0.39, 0.29) is 31.5 Å². The van der Waals surface area contributed by atoms with Gasteiger partial charge in [-0.1, -0.05) is 20.8 Å². The van der Waals surface area contributed by atoms with Crippen LogP contribution in [0.25, 0.3) is 0 Å². The second-order valence-electron chi connectivity index (χ2n) is 6.63. The molecule has 1 saturated heterocycles. The normalized spacial score (nSPS) is 22.4. The van der Waals surface area contributed by atoms with Crippen LogP contribution in [0.15, 0.2) is 5.38 Å². The molecule has 1 unspecified atom stereocenters. The molecule has 5 nitrogen and oxygen atoms in total. The van der Waals surface area contributed by atoms with E-state index in [9.17, 15) is 18.7 Å². The van der Waals surface area contributed by atoms with Crippen molar-refractivity contribution in [2.75, 3.05) is 13.1 Å². The molecule has 1 aromatic heterocycles. The lowest BCUT2D eigenvalue weighted by Gasteiger charge is -2.22. The van der Waals surface area contributed by atoms with Crippen molar-refractivity contribution in [1.82, 2.24) is 15.2 Å². The summed E-state index contributed by atoms with van der Waals surface area (Å²) in [6.45, 7) is 6.20. The predicted octanol–water partition coefficient (Wildman–Crippen LogP) is 2.35. The van der Waals surface area contributed by atoms with Gasteiger partial charge in [0, 0.05) is 23.8 Å². The van der Waals surface area contributed by atoms with E-state index in [1.54, 1.807) is 0 Å². The summed E-state index contributed by atoms with van der Waals surface area (Å²) in [6, 6.07) is -0.457. The van der Waals surface area contributed by atoms with Gasteiger partial charge in [-0.25, -0.2) is 18.6 Å². The highest BCUT2D eigenvalue weighted by Crippen LogP contribution is 2.28. The molecule has 1 aliphatic heterocycles. The van der Waals surface area contributed by atoms with Crippen LogP contribution in [0.4, 0.5) is 13.6 Å². The van der Waals surface area contributed by atoms with Crippen LogP contribution in [-0.2, 0) is 12.0 Å². The van der Waals surface area contributed by atoms with Crippen LogP contribution in [0.1, 0.15) is 37.9 Å². The third-order valence-corrected chi connectivity index (χ3v) is 4.90. The quantitative estimate of drug-likeness (QED) is 0.892. The zero-order valence-corrected chi connectivity index (χ0v) is 13.7. The molecule has 2 heterocycles. The molecule has 22 heavy (non-hydrogen) atoms. The van der Waals surface area contributed by atoms with Crippen molar-refractivity contribution in [3.05, 3.63) is 16.1 Å². The molecule has 0 spiro atoms. The Morgan fingerprint density at radius 1 is 1.59 bits per heavy atom. The topological polar surface area (TPSA) is 65.5 Å². The van der Waals surface area contributed by atoms with Gasteiger partial charge in [0.1, 0.15) is 5.60 Å². The Balaban J connectivity index is 1.88. The highest BCUT2D eigenvalue weighted by molar-refractivity contribution is 7.09. The second-order valence-corrected chi connectivity index (χ2v) is 7.49. The van der Waals surface area contributed by atoms with E-state index in [2.05, 4.69) is 31.1 Å². The van der Waals surface area contributed by atoms with Gasteiger partial charge in [-0.15, -0.1) is 11.3 Å². The first kappa shape index (κ1) is 17.1. The van der Waals surface area contributed by atoms with E-state index in [0.717, 1.165) is 10.7 Å². The third-order valence-electron chi connectivity index (χ3n) is 3.59. The average molecular weight is 333 g/mol. The molecule has 2 N–H and O–H groups in total. The summed E-state index contributed by atoms with van der Waals surface area (Å²) < 4.78 is 25.4. The number of amides is 2. The van der Waals surface area contributed by atoms with Gasteiger partial charge < -0.3 is 15.3 Å². The second kappa shape index (κ2) is 6.08. The van der Waals surface area contributed by atoms with Crippen molar-refractivity contribution >= 4 is 17.4 Å². The molecular formula is C14H21F2N3O2S. The summed E-state index contributed by atoms with van der Waals surface area (Å²) >= 11 is 1.53. The van der Waals surface area contributed by atoms with Gasteiger partial charge in [0.25, 0.3) is 6.43 Å². The lowest BCUT2D eigenvalue weighted by Crippen LogP contribution is -2.44. The molecule has 8 heteroatoms. The Morgan fingerprint density at radius 3 is 2.77 bits per heavy atom. The number of hydrogen-bond acceptors (Lipinski definition) is 4. The molecule has 1 fully saturated rings. The minimum absolute atomic E-state index is 0.0460. The van der Waals surface area contributed by atoms with Gasteiger partial charge in [-0.3, -0.25) is 0 Å². The summed E-state index contributed by atoms with van der Waals surface area (Å²) in [5, 5.41) is 15.2. The first-order chi connectivity index (χ1) is 10.1. The standard InChI is InChI=1S/C14H21F2N3O2S/c1-13(2,3)11-18-9(7-22-11)6-17-12(20)19-5-4-14(21,8-19)10(15)16/h7,10,21H,4-6,8H2,1-3H3,(H,17,20). The summed E-state index contributed by atoms with van der Waals surface area (Å²) in [6.07, 6.45) is -2.96. The van der Waals surface area contributed by atoms with Crippen LogP contribution >= 0.6 is 11.3 Å². The number of hydrogen-bond donors (Lipinski definition) is 2.